The molecule has 20 heavy (non-hydrogen) atoms. The van der Waals surface area contributed by atoms with Crippen molar-refractivity contribution >= 4 is 35.1 Å². The number of hydrazone groups is 1. The lowest BCUT2D eigenvalue weighted by Crippen LogP contribution is -2.16. The number of halogens is 1. The number of nitriles is 1. The van der Waals surface area contributed by atoms with E-state index in [-0.39, 0.29) is 6.42 Å². The molecule has 2 rings (SSSR count). The van der Waals surface area contributed by atoms with E-state index in [2.05, 4.69) is 10.5 Å². The van der Waals surface area contributed by atoms with Crippen LogP contribution in [0.4, 0.5) is 0 Å². The van der Waals surface area contributed by atoms with Gasteiger partial charge >= 0.3 is 0 Å². The second kappa shape index (κ2) is 6.85. The molecule has 1 heterocycles. The Kier molecular flexibility index (Phi) is 4.88. The number of carbonyl (C=O) groups excluding carboxylic acids is 1. The maximum Gasteiger partial charge on any atom is 0.254 e. The van der Waals surface area contributed by atoms with Gasteiger partial charge in [-0.15, -0.1) is 11.3 Å². The molecule has 1 amide bonds. The smallest absolute Gasteiger partial charge is 0.254 e. The first-order valence-electron chi connectivity index (χ1n) is 5.74. The van der Waals surface area contributed by atoms with Crippen LogP contribution in [0.15, 0.2) is 41.5 Å². The molecule has 0 spiro atoms. The molecule has 0 bridgehead atoms. The van der Waals surface area contributed by atoms with Crippen LogP contribution in [-0.2, 0) is 4.79 Å². The lowest BCUT2D eigenvalue weighted by molar-refractivity contribution is -0.120. The van der Waals surface area contributed by atoms with Crippen LogP contribution in [0.3, 0.4) is 0 Å². The quantitative estimate of drug-likeness (QED) is 0.694. The molecule has 4 nitrogen and oxygen atoms in total. The molecule has 0 saturated carbocycles. The van der Waals surface area contributed by atoms with Crippen molar-refractivity contribution in [3.63, 3.8) is 0 Å². The normalized spacial score (nSPS) is 10.4. The Morgan fingerprint density at radius 3 is 2.90 bits per heavy atom. The SMILES string of the molecule is N#CCC(=O)N/N=C/c1cc(-c2ccccc2)sc1Cl. The van der Waals surface area contributed by atoms with E-state index in [1.54, 1.807) is 6.07 Å². The molecule has 0 atom stereocenters. The molecule has 1 aromatic heterocycles. The van der Waals surface area contributed by atoms with Crippen molar-refractivity contribution in [1.82, 2.24) is 5.43 Å². The van der Waals surface area contributed by atoms with E-state index >= 15 is 0 Å². The molecule has 1 aromatic carbocycles. The minimum atomic E-state index is -0.446. The fraction of sp³-hybridized carbons (Fsp3) is 0.0714. The molecular formula is C14H10ClN3OS. The summed E-state index contributed by atoms with van der Waals surface area (Å²) in [6.07, 6.45) is 1.25. The molecule has 100 valence electrons. The predicted octanol–water partition coefficient (Wildman–Crippen LogP) is 3.43. The Morgan fingerprint density at radius 2 is 2.20 bits per heavy atom. The topological polar surface area (TPSA) is 65.2 Å². The average molecular weight is 304 g/mol. The van der Waals surface area contributed by atoms with Gasteiger partial charge in [-0.05, 0) is 11.6 Å². The molecule has 6 heteroatoms. The molecule has 0 unspecified atom stereocenters. The second-order valence-electron chi connectivity index (χ2n) is 3.83. The van der Waals surface area contributed by atoms with Gasteiger partial charge in [-0.2, -0.15) is 10.4 Å². The number of hydrogen-bond donors (Lipinski definition) is 1. The van der Waals surface area contributed by atoms with Crippen molar-refractivity contribution in [1.29, 1.82) is 5.26 Å². The fourth-order valence-corrected chi connectivity index (χ4v) is 2.72. The number of benzene rings is 1. The highest BCUT2D eigenvalue weighted by Gasteiger charge is 2.07. The number of nitrogens with one attached hydrogen (secondary N) is 1. The molecule has 0 aliphatic rings. The van der Waals surface area contributed by atoms with Crippen LogP contribution in [0, 0.1) is 11.3 Å². The number of nitrogens with zero attached hydrogens (tertiary/aromatic N) is 2. The number of thiophene rings is 1. The number of rotatable bonds is 4. The molecule has 1 N–H and O–H groups in total. The summed E-state index contributed by atoms with van der Waals surface area (Å²) in [6, 6.07) is 13.5. The largest absolute Gasteiger partial charge is 0.272 e. The highest BCUT2D eigenvalue weighted by molar-refractivity contribution is 7.19. The molecule has 0 radical (unpaired) electrons. The first kappa shape index (κ1) is 14.3. The van der Waals surface area contributed by atoms with Crippen LogP contribution >= 0.6 is 22.9 Å². The van der Waals surface area contributed by atoms with Gasteiger partial charge < -0.3 is 0 Å². The van der Waals surface area contributed by atoms with Gasteiger partial charge in [-0.3, -0.25) is 4.79 Å². The zero-order valence-electron chi connectivity index (χ0n) is 10.3. The van der Waals surface area contributed by atoms with Gasteiger partial charge in [-0.1, -0.05) is 41.9 Å². The first-order chi connectivity index (χ1) is 9.70. The Bertz CT molecular complexity index is 673. The van der Waals surface area contributed by atoms with E-state index in [1.807, 2.05) is 36.4 Å². The molecular weight excluding hydrogens is 294 g/mol. The average Bonchev–Trinajstić information content (AvgIpc) is 2.82. The Balaban J connectivity index is 2.11. The summed E-state index contributed by atoms with van der Waals surface area (Å²) in [5.74, 6) is -0.446. The first-order valence-corrected chi connectivity index (χ1v) is 6.94. The van der Waals surface area contributed by atoms with Crippen molar-refractivity contribution in [3.8, 4) is 16.5 Å². The second-order valence-corrected chi connectivity index (χ2v) is 5.49. The minimum absolute atomic E-state index is 0.218. The zero-order chi connectivity index (χ0) is 14.4. The van der Waals surface area contributed by atoms with Crippen LogP contribution in [0.2, 0.25) is 4.34 Å². The molecule has 0 aliphatic heterocycles. The van der Waals surface area contributed by atoms with Crippen molar-refractivity contribution in [3.05, 3.63) is 46.3 Å². The van der Waals surface area contributed by atoms with E-state index in [9.17, 15) is 4.79 Å². The van der Waals surface area contributed by atoms with E-state index in [1.165, 1.54) is 17.6 Å². The maximum atomic E-state index is 11.1. The summed E-state index contributed by atoms with van der Waals surface area (Å²) in [5, 5.41) is 12.1. The van der Waals surface area contributed by atoms with Crippen LogP contribution < -0.4 is 5.43 Å². The maximum absolute atomic E-state index is 11.1. The van der Waals surface area contributed by atoms with Crippen molar-refractivity contribution in [2.75, 3.05) is 0 Å². The van der Waals surface area contributed by atoms with Crippen LogP contribution in [-0.4, -0.2) is 12.1 Å². The van der Waals surface area contributed by atoms with E-state index < -0.39 is 5.91 Å². The number of amides is 1. The van der Waals surface area contributed by atoms with E-state index in [0.29, 0.717) is 4.34 Å². The molecule has 0 aliphatic carbocycles. The zero-order valence-corrected chi connectivity index (χ0v) is 11.9. The highest BCUT2D eigenvalue weighted by atomic mass is 35.5. The van der Waals surface area contributed by atoms with E-state index in [4.69, 9.17) is 16.9 Å². The molecule has 2 aromatic rings. The third kappa shape index (κ3) is 3.67. The van der Waals surface area contributed by atoms with Crippen LogP contribution in [0.1, 0.15) is 12.0 Å². The fourth-order valence-electron chi connectivity index (χ4n) is 1.50. The van der Waals surface area contributed by atoms with Gasteiger partial charge in [0.25, 0.3) is 5.91 Å². The monoisotopic (exact) mass is 303 g/mol. The Hall–Kier alpha value is -2.16. The van der Waals surface area contributed by atoms with Gasteiger partial charge in [0, 0.05) is 10.4 Å². The Morgan fingerprint density at radius 1 is 1.45 bits per heavy atom. The van der Waals surface area contributed by atoms with E-state index in [0.717, 1.165) is 16.0 Å². The van der Waals surface area contributed by atoms with Gasteiger partial charge in [-0.25, -0.2) is 5.43 Å². The van der Waals surface area contributed by atoms with Crippen molar-refractivity contribution < 1.29 is 4.79 Å². The summed E-state index contributed by atoms with van der Waals surface area (Å²) in [4.78, 5) is 12.1. The lowest BCUT2D eigenvalue weighted by atomic mass is 10.2. The lowest BCUT2D eigenvalue weighted by Gasteiger charge is -1.94. The van der Waals surface area contributed by atoms with Gasteiger partial charge in [0.2, 0.25) is 0 Å². The number of carbonyl (C=O) groups is 1. The van der Waals surface area contributed by atoms with Gasteiger partial charge in [0.1, 0.15) is 10.8 Å². The predicted molar refractivity (Wildman–Crippen MR) is 80.7 cm³/mol. The third-order valence-electron chi connectivity index (χ3n) is 2.40. The van der Waals surface area contributed by atoms with Crippen molar-refractivity contribution in [2.45, 2.75) is 6.42 Å². The Labute approximate surface area is 125 Å². The summed E-state index contributed by atoms with van der Waals surface area (Å²) < 4.78 is 0.599. The standard InChI is InChI=1S/C14H10ClN3OS/c15-14-11(9-17-18-13(19)6-7-16)8-12(20-14)10-4-2-1-3-5-10/h1-5,8-9H,6H2,(H,18,19)/b17-9+. The highest BCUT2D eigenvalue weighted by Crippen LogP contribution is 2.33. The van der Waals surface area contributed by atoms with Crippen LogP contribution in [0.25, 0.3) is 10.4 Å². The summed E-state index contributed by atoms with van der Waals surface area (Å²) in [7, 11) is 0. The summed E-state index contributed by atoms with van der Waals surface area (Å²) in [6.45, 7) is 0. The number of hydrogen-bond acceptors (Lipinski definition) is 4. The summed E-state index contributed by atoms with van der Waals surface area (Å²) >= 11 is 7.58. The molecule has 0 fully saturated rings. The summed E-state index contributed by atoms with van der Waals surface area (Å²) in [5.41, 5.74) is 4.07. The molecule has 0 saturated heterocycles. The van der Waals surface area contributed by atoms with Gasteiger partial charge in [0.15, 0.2) is 0 Å². The van der Waals surface area contributed by atoms with Gasteiger partial charge in [0.05, 0.1) is 12.3 Å². The minimum Gasteiger partial charge on any atom is -0.272 e. The van der Waals surface area contributed by atoms with Crippen LogP contribution in [0.5, 0.6) is 0 Å². The van der Waals surface area contributed by atoms with Crippen molar-refractivity contribution in [2.24, 2.45) is 5.10 Å². The third-order valence-corrected chi connectivity index (χ3v) is 3.84.